The zero-order valence-electron chi connectivity index (χ0n) is 10.8. The summed E-state index contributed by atoms with van der Waals surface area (Å²) in [6.07, 6.45) is 2.58. The first-order valence-electron chi connectivity index (χ1n) is 6.39. The highest BCUT2D eigenvalue weighted by molar-refractivity contribution is 6.30. The second kappa shape index (κ2) is 7.34. The lowest BCUT2D eigenvalue weighted by molar-refractivity contribution is 0.0991. The van der Waals surface area contributed by atoms with Gasteiger partial charge in [-0.1, -0.05) is 30.7 Å². The predicted molar refractivity (Wildman–Crippen MR) is 80.4 cm³/mol. The Labute approximate surface area is 121 Å². The topological polar surface area (TPSA) is 29.3 Å². The molecule has 0 saturated carbocycles. The van der Waals surface area contributed by atoms with Crippen molar-refractivity contribution in [2.24, 2.45) is 11.7 Å². The summed E-state index contributed by atoms with van der Waals surface area (Å²) < 4.78 is 0. The third kappa shape index (κ3) is 3.86. The lowest BCUT2D eigenvalue weighted by Gasteiger charge is -2.39. The van der Waals surface area contributed by atoms with E-state index in [1.807, 2.05) is 12.1 Å². The van der Waals surface area contributed by atoms with Crippen molar-refractivity contribution in [3.8, 4) is 0 Å². The van der Waals surface area contributed by atoms with Crippen LogP contribution in [-0.4, -0.2) is 24.0 Å². The summed E-state index contributed by atoms with van der Waals surface area (Å²) >= 11 is 6.02. The second-order valence-electron chi connectivity index (χ2n) is 5.02. The smallest absolute Gasteiger partial charge is 0.0409 e. The molecule has 1 saturated heterocycles. The van der Waals surface area contributed by atoms with E-state index < -0.39 is 0 Å². The Kier molecular flexibility index (Phi) is 6.44. The van der Waals surface area contributed by atoms with Crippen molar-refractivity contribution in [2.45, 2.75) is 32.4 Å². The summed E-state index contributed by atoms with van der Waals surface area (Å²) in [5.74, 6) is 0.702. The van der Waals surface area contributed by atoms with Gasteiger partial charge in [-0.15, -0.1) is 12.4 Å². The maximum Gasteiger partial charge on any atom is 0.0409 e. The third-order valence-electron chi connectivity index (χ3n) is 3.75. The summed E-state index contributed by atoms with van der Waals surface area (Å²) in [6.45, 7) is 5.18. The van der Waals surface area contributed by atoms with Gasteiger partial charge in [0.15, 0.2) is 0 Å². The van der Waals surface area contributed by atoms with Crippen LogP contribution in [0.5, 0.6) is 0 Å². The van der Waals surface area contributed by atoms with Crippen LogP contribution < -0.4 is 5.73 Å². The average molecular weight is 289 g/mol. The standard InChI is InChI=1S/C14H21ClN2.ClH/c1-11-4-3-7-17(14(11)9-16)10-12-5-2-6-13(15)8-12;/h2,5-6,8,11,14H,3-4,7,9-10,16H2,1H3;1H. The van der Waals surface area contributed by atoms with Gasteiger partial charge < -0.3 is 5.73 Å². The Hall–Kier alpha value is -0.280. The van der Waals surface area contributed by atoms with Crippen LogP contribution >= 0.6 is 24.0 Å². The number of nitrogens with zero attached hydrogens (tertiary/aromatic N) is 1. The monoisotopic (exact) mass is 288 g/mol. The number of nitrogens with two attached hydrogens (primary N) is 1. The molecule has 0 amide bonds. The Balaban J connectivity index is 0.00000162. The van der Waals surface area contributed by atoms with Crippen LogP contribution in [0.15, 0.2) is 24.3 Å². The number of hydrogen-bond donors (Lipinski definition) is 1. The lowest BCUT2D eigenvalue weighted by atomic mass is 9.90. The molecular weight excluding hydrogens is 267 g/mol. The zero-order valence-corrected chi connectivity index (χ0v) is 12.4. The number of rotatable bonds is 3. The summed E-state index contributed by atoms with van der Waals surface area (Å²) in [4.78, 5) is 2.50. The van der Waals surface area contributed by atoms with Crippen LogP contribution in [-0.2, 0) is 6.54 Å². The van der Waals surface area contributed by atoms with E-state index in [9.17, 15) is 0 Å². The molecule has 1 aromatic carbocycles. The van der Waals surface area contributed by atoms with Gasteiger partial charge in [-0.2, -0.15) is 0 Å². The molecule has 1 aliphatic rings. The molecule has 18 heavy (non-hydrogen) atoms. The molecular formula is C14H22Cl2N2. The van der Waals surface area contributed by atoms with Crippen molar-refractivity contribution >= 4 is 24.0 Å². The SMILES string of the molecule is CC1CCCN(Cc2cccc(Cl)c2)C1CN.Cl. The van der Waals surface area contributed by atoms with Gasteiger partial charge in [0.1, 0.15) is 0 Å². The van der Waals surface area contributed by atoms with E-state index in [4.69, 9.17) is 17.3 Å². The molecule has 1 aliphatic heterocycles. The number of halogens is 2. The number of benzene rings is 1. The van der Waals surface area contributed by atoms with E-state index in [1.54, 1.807) is 0 Å². The first-order valence-corrected chi connectivity index (χ1v) is 6.77. The largest absolute Gasteiger partial charge is 0.329 e. The highest BCUT2D eigenvalue weighted by atomic mass is 35.5. The average Bonchev–Trinajstić information content (AvgIpc) is 2.29. The van der Waals surface area contributed by atoms with Gasteiger partial charge >= 0.3 is 0 Å². The Morgan fingerprint density at radius 3 is 2.89 bits per heavy atom. The molecule has 2 nitrogen and oxygen atoms in total. The minimum Gasteiger partial charge on any atom is -0.329 e. The molecule has 2 unspecified atom stereocenters. The predicted octanol–water partition coefficient (Wildman–Crippen LogP) is 3.32. The van der Waals surface area contributed by atoms with Crippen LogP contribution in [0.1, 0.15) is 25.3 Å². The van der Waals surface area contributed by atoms with Crippen molar-refractivity contribution in [3.05, 3.63) is 34.9 Å². The van der Waals surface area contributed by atoms with Gasteiger partial charge in [-0.3, -0.25) is 4.90 Å². The normalized spacial score (nSPS) is 24.6. The fraction of sp³-hybridized carbons (Fsp3) is 0.571. The molecule has 0 aliphatic carbocycles. The van der Waals surface area contributed by atoms with E-state index in [0.29, 0.717) is 12.0 Å². The number of likely N-dealkylation sites (tertiary alicyclic amines) is 1. The summed E-state index contributed by atoms with van der Waals surface area (Å²) in [5, 5.41) is 0.817. The minimum absolute atomic E-state index is 0. The van der Waals surface area contributed by atoms with Gasteiger partial charge in [0.05, 0.1) is 0 Å². The van der Waals surface area contributed by atoms with E-state index in [-0.39, 0.29) is 12.4 Å². The number of hydrogen-bond acceptors (Lipinski definition) is 2. The highest BCUT2D eigenvalue weighted by Gasteiger charge is 2.27. The first-order chi connectivity index (χ1) is 8.20. The summed E-state index contributed by atoms with van der Waals surface area (Å²) in [6, 6.07) is 8.64. The first kappa shape index (κ1) is 15.8. The molecule has 2 rings (SSSR count). The lowest BCUT2D eigenvalue weighted by Crippen LogP contribution is -2.47. The van der Waals surface area contributed by atoms with Crippen molar-refractivity contribution < 1.29 is 0 Å². The molecule has 1 aromatic rings. The van der Waals surface area contributed by atoms with E-state index >= 15 is 0 Å². The Morgan fingerprint density at radius 1 is 1.44 bits per heavy atom. The molecule has 1 heterocycles. The van der Waals surface area contributed by atoms with E-state index in [1.165, 1.54) is 18.4 Å². The van der Waals surface area contributed by atoms with Gasteiger partial charge in [-0.25, -0.2) is 0 Å². The van der Waals surface area contributed by atoms with Crippen molar-refractivity contribution in [1.82, 2.24) is 4.90 Å². The number of piperidine rings is 1. The zero-order chi connectivity index (χ0) is 12.3. The second-order valence-corrected chi connectivity index (χ2v) is 5.46. The van der Waals surface area contributed by atoms with Gasteiger partial charge in [0.25, 0.3) is 0 Å². The fourth-order valence-electron chi connectivity index (χ4n) is 2.78. The van der Waals surface area contributed by atoms with E-state index in [2.05, 4.69) is 24.0 Å². The van der Waals surface area contributed by atoms with Gasteiger partial charge in [-0.05, 0) is 43.0 Å². The van der Waals surface area contributed by atoms with Crippen molar-refractivity contribution in [1.29, 1.82) is 0 Å². The Bertz CT molecular complexity index is 371. The van der Waals surface area contributed by atoms with Crippen LogP contribution in [0.2, 0.25) is 5.02 Å². The third-order valence-corrected chi connectivity index (χ3v) is 3.98. The minimum atomic E-state index is 0. The molecule has 0 aromatic heterocycles. The maximum atomic E-state index is 6.02. The quantitative estimate of drug-likeness (QED) is 0.925. The molecule has 2 N–H and O–H groups in total. The van der Waals surface area contributed by atoms with E-state index in [0.717, 1.165) is 24.7 Å². The molecule has 0 spiro atoms. The van der Waals surface area contributed by atoms with Gasteiger partial charge in [0.2, 0.25) is 0 Å². The highest BCUT2D eigenvalue weighted by Crippen LogP contribution is 2.24. The van der Waals surface area contributed by atoms with Crippen molar-refractivity contribution in [3.63, 3.8) is 0 Å². The molecule has 0 radical (unpaired) electrons. The Morgan fingerprint density at radius 2 is 2.22 bits per heavy atom. The van der Waals surface area contributed by atoms with Crippen LogP contribution in [0.25, 0.3) is 0 Å². The summed E-state index contributed by atoms with van der Waals surface area (Å²) in [5.41, 5.74) is 7.18. The van der Waals surface area contributed by atoms with Crippen LogP contribution in [0, 0.1) is 5.92 Å². The van der Waals surface area contributed by atoms with Gasteiger partial charge in [0, 0.05) is 24.2 Å². The van der Waals surface area contributed by atoms with Crippen LogP contribution in [0.4, 0.5) is 0 Å². The fourth-order valence-corrected chi connectivity index (χ4v) is 2.99. The maximum absolute atomic E-state index is 6.02. The van der Waals surface area contributed by atoms with Crippen LogP contribution in [0.3, 0.4) is 0 Å². The molecule has 0 bridgehead atoms. The molecule has 1 fully saturated rings. The molecule has 4 heteroatoms. The summed E-state index contributed by atoms with van der Waals surface area (Å²) in [7, 11) is 0. The van der Waals surface area contributed by atoms with Crippen molar-refractivity contribution in [2.75, 3.05) is 13.1 Å². The molecule has 102 valence electrons. The molecule has 2 atom stereocenters.